The van der Waals surface area contributed by atoms with Gasteiger partial charge in [0.15, 0.2) is 11.5 Å². The van der Waals surface area contributed by atoms with Crippen molar-refractivity contribution in [2.24, 2.45) is 11.7 Å². The molecule has 0 atom stereocenters. The number of nitrogens with two attached hydrogens (primary N) is 1. The zero-order chi connectivity index (χ0) is 32.3. The van der Waals surface area contributed by atoms with Crippen molar-refractivity contribution < 1.29 is 14.3 Å². The minimum atomic E-state index is -0.602. The average molecular weight is 621 g/mol. The molecule has 0 bridgehead atoms. The summed E-state index contributed by atoms with van der Waals surface area (Å²) in [5.41, 5.74) is 10.3. The number of likely N-dealkylation sites (N-methyl/N-ethyl adjacent to an activating group) is 1. The molecule has 0 spiro atoms. The molecule has 3 saturated heterocycles. The van der Waals surface area contributed by atoms with Crippen LogP contribution in [0.15, 0.2) is 18.2 Å². The highest BCUT2D eigenvalue weighted by molar-refractivity contribution is 5.96. The quantitative estimate of drug-likeness (QED) is 0.425. The van der Waals surface area contributed by atoms with E-state index in [0.29, 0.717) is 43.7 Å². The average Bonchev–Trinajstić information content (AvgIpc) is 2.96. The molecular formula is C34H52N8O3. The SMILES string of the molecule is CCc1nc(C(N)=O)c(Nc2ccc(N3CCC(N4CCN(C)CC4)CC3)c(C)c2)nc1CCC1CN(C(=O)OC(C)(C)C)C1. The van der Waals surface area contributed by atoms with Crippen LogP contribution in [-0.4, -0.2) is 108 Å². The van der Waals surface area contributed by atoms with Crippen molar-refractivity contribution in [2.75, 3.05) is 69.6 Å². The number of carbonyl (C=O) groups excluding carboxylic acids is 2. The molecule has 3 aliphatic rings. The van der Waals surface area contributed by atoms with Crippen LogP contribution in [0.3, 0.4) is 0 Å². The van der Waals surface area contributed by atoms with Gasteiger partial charge in [-0.15, -0.1) is 0 Å². The number of carbonyl (C=O) groups is 2. The van der Waals surface area contributed by atoms with Crippen LogP contribution in [0.5, 0.6) is 0 Å². The largest absolute Gasteiger partial charge is 0.444 e. The van der Waals surface area contributed by atoms with Gasteiger partial charge in [-0.1, -0.05) is 6.92 Å². The number of anilines is 3. The summed E-state index contributed by atoms with van der Waals surface area (Å²) in [7, 11) is 2.21. The van der Waals surface area contributed by atoms with Gasteiger partial charge >= 0.3 is 6.09 Å². The molecular weight excluding hydrogens is 568 g/mol. The van der Waals surface area contributed by atoms with Crippen molar-refractivity contribution >= 4 is 29.2 Å². The Hall–Kier alpha value is -3.44. The number of nitrogens with zero attached hydrogens (tertiary/aromatic N) is 6. The topological polar surface area (TPSA) is 120 Å². The molecule has 0 aliphatic carbocycles. The van der Waals surface area contributed by atoms with Crippen molar-refractivity contribution in [3.05, 3.63) is 40.8 Å². The van der Waals surface area contributed by atoms with Crippen molar-refractivity contribution in [2.45, 2.75) is 78.4 Å². The van der Waals surface area contributed by atoms with Crippen molar-refractivity contribution in [1.82, 2.24) is 24.7 Å². The lowest BCUT2D eigenvalue weighted by Gasteiger charge is -2.43. The monoisotopic (exact) mass is 620 g/mol. The fraction of sp³-hybridized carbons (Fsp3) is 0.647. The summed E-state index contributed by atoms with van der Waals surface area (Å²) in [6.45, 7) is 17.9. The number of hydrogen-bond donors (Lipinski definition) is 2. The third kappa shape index (κ3) is 8.24. The van der Waals surface area contributed by atoms with E-state index in [2.05, 4.69) is 51.1 Å². The Morgan fingerprint density at radius 1 is 1.02 bits per heavy atom. The Kier molecular flexibility index (Phi) is 10.2. The number of ether oxygens (including phenoxy) is 1. The normalized spacial score (nSPS) is 19.0. The summed E-state index contributed by atoms with van der Waals surface area (Å²) in [4.78, 5) is 43.6. The maximum Gasteiger partial charge on any atom is 0.410 e. The van der Waals surface area contributed by atoms with Gasteiger partial charge in [0.1, 0.15) is 5.60 Å². The van der Waals surface area contributed by atoms with E-state index < -0.39 is 11.5 Å². The van der Waals surface area contributed by atoms with E-state index in [1.54, 1.807) is 4.90 Å². The molecule has 3 N–H and O–H groups in total. The maximum absolute atomic E-state index is 12.4. The molecule has 3 fully saturated rings. The van der Waals surface area contributed by atoms with Gasteiger partial charge in [0.25, 0.3) is 5.91 Å². The number of piperidine rings is 1. The van der Waals surface area contributed by atoms with Gasteiger partial charge in [-0.25, -0.2) is 14.8 Å². The predicted octanol–water partition coefficient (Wildman–Crippen LogP) is 4.21. The number of nitrogens with one attached hydrogen (secondary N) is 1. The number of piperazine rings is 1. The van der Waals surface area contributed by atoms with Crippen molar-refractivity contribution in [3.8, 4) is 0 Å². The molecule has 3 aliphatic heterocycles. The minimum Gasteiger partial charge on any atom is -0.444 e. The second kappa shape index (κ2) is 13.9. The predicted molar refractivity (Wildman–Crippen MR) is 178 cm³/mol. The first-order chi connectivity index (χ1) is 21.4. The van der Waals surface area contributed by atoms with E-state index in [4.69, 9.17) is 15.5 Å². The molecule has 4 heterocycles. The summed E-state index contributed by atoms with van der Waals surface area (Å²) >= 11 is 0. The minimum absolute atomic E-state index is 0.156. The fourth-order valence-corrected chi connectivity index (χ4v) is 6.70. The number of primary amides is 1. The molecule has 45 heavy (non-hydrogen) atoms. The second-order valence-electron chi connectivity index (χ2n) is 14.0. The van der Waals surface area contributed by atoms with Gasteiger partial charge < -0.3 is 30.5 Å². The van der Waals surface area contributed by atoms with Crippen molar-refractivity contribution in [1.29, 1.82) is 0 Å². The molecule has 11 nitrogen and oxygen atoms in total. The zero-order valence-electron chi connectivity index (χ0n) is 28.1. The summed E-state index contributed by atoms with van der Waals surface area (Å²) in [6, 6.07) is 7.01. The van der Waals surface area contributed by atoms with E-state index in [0.717, 1.165) is 49.7 Å². The van der Waals surface area contributed by atoms with Crippen LogP contribution in [0.4, 0.5) is 22.0 Å². The summed E-state index contributed by atoms with van der Waals surface area (Å²) in [5, 5.41) is 3.36. The maximum atomic E-state index is 12.4. The van der Waals surface area contributed by atoms with E-state index in [1.807, 2.05) is 33.8 Å². The van der Waals surface area contributed by atoms with Gasteiger partial charge in [0.2, 0.25) is 0 Å². The smallest absolute Gasteiger partial charge is 0.410 e. The van der Waals surface area contributed by atoms with E-state index in [-0.39, 0.29) is 11.8 Å². The van der Waals surface area contributed by atoms with Crippen LogP contribution in [0, 0.1) is 12.8 Å². The first kappa shape index (κ1) is 32.9. The van der Waals surface area contributed by atoms with Crippen LogP contribution < -0.4 is 16.0 Å². The molecule has 0 radical (unpaired) electrons. The zero-order valence-corrected chi connectivity index (χ0v) is 28.1. The third-order valence-electron chi connectivity index (χ3n) is 9.34. The van der Waals surface area contributed by atoms with E-state index in [9.17, 15) is 9.59 Å². The number of rotatable bonds is 9. The van der Waals surface area contributed by atoms with Crippen LogP contribution in [0.2, 0.25) is 0 Å². The summed E-state index contributed by atoms with van der Waals surface area (Å²) in [6.07, 6.45) is 4.34. The summed E-state index contributed by atoms with van der Waals surface area (Å²) < 4.78 is 5.48. The Morgan fingerprint density at radius 2 is 1.71 bits per heavy atom. The van der Waals surface area contributed by atoms with Crippen LogP contribution >= 0.6 is 0 Å². The number of benzene rings is 1. The van der Waals surface area contributed by atoms with Crippen LogP contribution in [0.1, 0.15) is 74.4 Å². The molecule has 1 aromatic carbocycles. The number of likely N-dealkylation sites (tertiary alicyclic amines) is 1. The summed E-state index contributed by atoms with van der Waals surface area (Å²) in [5.74, 6) is 0.159. The molecule has 11 heteroatoms. The van der Waals surface area contributed by atoms with E-state index >= 15 is 0 Å². The Morgan fingerprint density at radius 3 is 2.31 bits per heavy atom. The molecule has 2 aromatic rings. The molecule has 2 amide bonds. The van der Waals surface area contributed by atoms with Gasteiger partial charge in [0, 0.05) is 69.8 Å². The lowest BCUT2D eigenvalue weighted by atomic mass is 9.93. The highest BCUT2D eigenvalue weighted by Crippen LogP contribution is 2.30. The van der Waals surface area contributed by atoms with Gasteiger partial charge in [-0.3, -0.25) is 9.69 Å². The first-order valence-corrected chi connectivity index (χ1v) is 16.6. The molecule has 246 valence electrons. The van der Waals surface area contributed by atoms with Crippen LogP contribution in [-0.2, 0) is 17.6 Å². The number of amides is 2. The first-order valence-electron chi connectivity index (χ1n) is 16.6. The molecule has 0 saturated carbocycles. The van der Waals surface area contributed by atoms with Gasteiger partial charge in [0.05, 0.1) is 11.4 Å². The molecule has 0 unspecified atom stereocenters. The lowest BCUT2D eigenvalue weighted by Crippen LogP contribution is -2.52. The second-order valence-corrected chi connectivity index (χ2v) is 14.0. The molecule has 1 aromatic heterocycles. The highest BCUT2D eigenvalue weighted by atomic mass is 16.6. The Bertz CT molecular complexity index is 1350. The van der Waals surface area contributed by atoms with Crippen molar-refractivity contribution in [3.63, 3.8) is 0 Å². The Balaban J connectivity index is 1.21. The standard InChI is InChI=1S/C34H52N8O3/c1-7-27-28(10-8-24-21-42(22-24)33(44)45-34(3,4)5)38-32(30(37-27)31(35)43)36-25-9-11-29(23(2)20-25)41-14-12-26(13-15-41)40-18-16-39(6)17-19-40/h9,11,20,24,26H,7-8,10,12-19,21-22H2,1-6H3,(H2,35,43)(H,36,38). The highest BCUT2D eigenvalue weighted by Gasteiger charge is 2.34. The number of hydrogen-bond acceptors (Lipinski definition) is 9. The number of aromatic nitrogens is 2. The number of aryl methyl sites for hydroxylation is 3. The Labute approximate surface area is 268 Å². The van der Waals surface area contributed by atoms with Gasteiger partial charge in [-0.2, -0.15) is 0 Å². The lowest BCUT2D eigenvalue weighted by molar-refractivity contribution is -0.00207. The fourth-order valence-electron chi connectivity index (χ4n) is 6.70. The van der Waals surface area contributed by atoms with Crippen LogP contribution in [0.25, 0.3) is 0 Å². The third-order valence-corrected chi connectivity index (χ3v) is 9.34. The molecule has 5 rings (SSSR count). The van der Waals surface area contributed by atoms with E-state index in [1.165, 1.54) is 37.2 Å². The van der Waals surface area contributed by atoms with Gasteiger partial charge in [-0.05, 0) is 96.5 Å².